The summed E-state index contributed by atoms with van der Waals surface area (Å²) in [5.74, 6) is 0. The maximum atomic E-state index is 10.0. The Bertz CT molecular complexity index is 81.1. The number of carbonyl (C=O) groups excluding carboxylic acids is 1. The zero-order chi connectivity index (χ0) is 7.82. The van der Waals surface area contributed by atoms with Crippen molar-refractivity contribution in [3.05, 3.63) is 0 Å². The maximum absolute atomic E-state index is 10.0. The molecule has 4 heteroatoms. The molecule has 0 bridgehead atoms. The van der Waals surface area contributed by atoms with Gasteiger partial charge in [0.1, 0.15) is 6.29 Å². The summed E-state index contributed by atoms with van der Waals surface area (Å²) in [7, 11) is 0. The van der Waals surface area contributed by atoms with Gasteiger partial charge in [0.15, 0.2) is 0 Å². The Morgan fingerprint density at radius 3 is 2.10 bits per heavy atom. The van der Waals surface area contributed by atoms with Crippen LogP contribution in [0.15, 0.2) is 0 Å². The van der Waals surface area contributed by atoms with E-state index < -0.39 is 14.8 Å². The zero-order valence-electron chi connectivity index (χ0n) is 6.50. The van der Waals surface area contributed by atoms with E-state index in [1.165, 1.54) is 0 Å². The van der Waals surface area contributed by atoms with E-state index in [0.717, 1.165) is 6.29 Å². The standard InChI is InChI=1S/2C2H5O.C2H3O.Al/c3*1-2-3;/h2*2H2,1H3;2H,1H2;/q2*-1;;+2. The molecule has 0 aromatic carbocycles. The van der Waals surface area contributed by atoms with E-state index in [1.54, 1.807) is 0 Å². The average Bonchev–Trinajstić information content (AvgIpc) is 1.90. The molecule has 0 amide bonds. The van der Waals surface area contributed by atoms with Gasteiger partial charge in [-0.15, -0.1) is 0 Å². The first kappa shape index (κ1) is 10.1. The molecule has 0 saturated carbocycles. The van der Waals surface area contributed by atoms with Crippen LogP contribution in [0, 0.1) is 0 Å². The van der Waals surface area contributed by atoms with Crippen molar-refractivity contribution in [1.82, 2.24) is 0 Å². The zero-order valence-corrected chi connectivity index (χ0v) is 7.66. The molecule has 0 aliphatic carbocycles. The summed E-state index contributed by atoms with van der Waals surface area (Å²) in [5, 5.41) is 0.460. The monoisotopic (exact) mass is 160 g/mol. The molecule has 0 unspecified atom stereocenters. The second-order valence-corrected chi connectivity index (χ2v) is 3.74. The van der Waals surface area contributed by atoms with E-state index in [2.05, 4.69) is 0 Å². The summed E-state index contributed by atoms with van der Waals surface area (Å²) in [5.41, 5.74) is 0. The third-order valence-electron chi connectivity index (χ3n) is 0.994. The van der Waals surface area contributed by atoms with Crippen molar-refractivity contribution in [3.63, 3.8) is 0 Å². The minimum absolute atomic E-state index is 0.460. The van der Waals surface area contributed by atoms with Crippen molar-refractivity contribution < 1.29 is 12.4 Å². The van der Waals surface area contributed by atoms with Gasteiger partial charge in [-0.1, -0.05) is 0 Å². The lowest BCUT2D eigenvalue weighted by Gasteiger charge is -2.06. The Morgan fingerprint density at radius 2 is 1.80 bits per heavy atom. The normalized spacial score (nSPS) is 9.40. The summed E-state index contributed by atoms with van der Waals surface area (Å²) >= 11 is -1.60. The lowest BCUT2D eigenvalue weighted by atomic mass is 10.9. The molecule has 0 saturated heterocycles. The molecule has 10 heavy (non-hydrogen) atoms. The molecule has 0 atom stereocenters. The van der Waals surface area contributed by atoms with Crippen LogP contribution in [0.25, 0.3) is 0 Å². The van der Waals surface area contributed by atoms with E-state index in [-0.39, 0.29) is 0 Å². The summed E-state index contributed by atoms with van der Waals surface area (Å²) in [4.78, 5) is 10.0. The van der Waals surface area contributed by atoms with Crippen molar-refractivity contribution in [2.24, 2.45) is 0 Å². The summed E-state index contributed by atoms with van der Waals surface area (Å²) < 4.78 is 10.4. The average molecular weight is 160 g/mol. The second-order valence-electron chi connectivity index (χ2n) is 1.74. The fraction of sp³-hybridized carbons (Fsp3) is 0.833. The minimum atomic E-state index is -1.60. The molecule has 0 fully saturated rings. The largest absolute Gasteiger partial charge is 0.682 e. The van der Waals surface area contributed by atoms with E-state index >= 15 is 0 Å². The molecule has 0 radical (unpaired) electrons. The Kier molecular flexibility index (Phi) is 7.32. The minimum Gasteiger partial charge on any atom is -0.478 e. The van der Waals surface area contributed by atoms with Crippen LogP contribution in [-0.4, -0.2) is 34.3 Å². The Hall–Kier alpha value is 0.122. The topological polar surface area (TPSA) is 35.5 Å². The maximum Gasteiger partial charge on any atom is 0.682 e. The highest BCUT2D eigenvalue weighted by molar-refractivity contribution is 6.47. The third-order valence-corrected chi connectivity index (χ3v) is 2.98. The molecule has 58 valence electrons. The van der Waals surface area contributed by atoms with Gasteiger partial charge in [0.2, 0.25) is 0 Å². The van der Waals surface area contributed by atoms with Gasteiger partial charge in [-0.3, -0.25) is 0 Å². The number of hydrogen-bond acceptors (Lipinski definition) is 3. The summed E-state index contributed by atoms with van der Waals surface area (Å²) in [6.07, 6.45) is 0.863. The number of carbonyl (C=O) groups is 1. The van der Waals surface area contributed by atoms with Crippen LogP contribution in [0.3, 0.4) is 0 Å². The van der Waals surface area contributed by atoms with Crippen LogP contribution in [0.4, 0.5) is 0 Å². The first-order valence-electron chi connectivity index (χ1n) is 3.52. The van der Waals surface area contributed by atoms with Gasteiger partial charge in [0, 0.05) is 18.5 Å². The first-order chi connectivity index (χ1) is 4.85. The smallest absolute Gasteiger partial charge is 0.478 e. The predicted octanol–water partition coefficient (Wildman–Crippen LogP) is 0.747. The number of hydrogen-bond donors (Lipinski definition) is 0. The number of rotatable bonds is 6. The summed E-state index contributed by atoms with van der Waals surface area (Å²) in [6.45, 7) is 5.10. The van der Waals surface area contributed by atoms with Crippen molar-refractivity contribution in [2.45, 2.75) is 19.1 Å². The Morgan fingerprint density at radius 1 is 1.30 bits per heavy atom. The highest BCUT2D eigenvalue weighted by Crippen LogP contribution is 1.93. The van der Waals surface area contributed by atoms with Crippen molar-refractivity contribution in [3.8, 4) is 0 Å². The fourth-order valence-corrected chi connectivity index (χ4v) is 1.90. The Balaban J connectivity index is 3.38. The van der Waals surface area contributed by atoms with Gasteiger partial charge in [0.25, 0.3) is 0 Å². The van der Waals surface area contributed by atoms with Crippen LogP contribution in [0.5, 0.6) is 0 Å². The molecule has 0 aromatic heterocycles. The molecule has 0 N–H and O–H groups in total. The molecule has 0 rings (SSSR count). The molecule has 0 spiro atoms. The van der Waals surface area contributed by atoms with Gasteiger partial charge < -0.3 is 12.4 Å². The van der Waals surface area contributed by atoms with E-state index in [9.17, 15) is 4.79 Å². The molecular formula is C6H13AlO3. The fourth-order valence-electron chi connectivity index (χ4n) is 0.635. The van der Waals surface area contributed by atoms with E-state index in [1.807, 2.05) is 13.8 Å². The lowest BCUT2D eigenvalue weighted by Crippen LogP contribution is -2.22. The van der Waals surface area contributed by atoms with E-state index in [0.29, 0.717) is 18.5 Å². The molecule has 0 aromatic rings. The molecule has 0 aliphatic heterocycles. The van der Waals surface area contributed by atoms with E-state index in [4.69, 9.17) is 7.58 Å². The summed E-state index contributed by atoms with van der Waals surface area (Å²) in [6, 6.07) is 0. The van der Waals surface area contributed by atoms with Crippen LogP contribution in [0.2, 0.25) is 5.28 Å². The highest BCUT2D eigenvalue weighted by Gasteiger charge is 2.22. The molecule has 0 aliphatic rings. The van der Waals surface area contributed by atoms with Gasteiger partial charge in [-0.25, -0.2) is 0 Å². The van der Waals surface area contributed by atoms with Gasteiger partial charge in [-0.05, 0) is 13.8 Å². The van der Waals surface area contributed by atoms with Gasteiger partial charge in [0.05, 0.1) is 0 Å². The van der Waals surface area contributed by atoms with Crippen molar-refractivity contribution >= 4 is 21.1 Å². The Labute approximate surface area is 66.4 Å². The highest BCUT2D eigenvalue weighted by atomic mass is 27.2. The van der Waals surface area contributed by atoms with Crippen molar-refractivity contribution in [2.75, 3.05) is 13.2 Å². The van der Waals surface area contributed by atoms with Crippen molar-refractivity contribution in [1.29, 1.82) is 0 Å². The first-order valence-corrected chi connectivity index (χ1v) is 5.27. The molecular weight excluding hydrogens is 147 g/mol. The van der Waals surface area contributed by atoms with Crippen LogP contribution in [0.1, 0.15) is 13.8 Å². The third kappa shape index (κ3) is 4.95. The van der Waals surface area contributed by atoms with Crippen LogP contribution in [-0.2, 0) is 12.4 Å². The lowest BCUT2D eigenvalue weighted by molar-refractivity contribution is -0.106. The SMILES string of the molecule is CC[O][Al]([CH2]C=O)[O]CC. The quantitative estimate of drug-likeness (QED) is 0.424. The molecule has 0 heterocycles. The van der Waals surface area contributed by atoms with Gasteiger partial charge >= 0.3 is 14.8 Å². The predicted molar refractivity (Wildman–Crippen MR) is 39.9 cm³/mol. The number of aldehydes is 1. The van der Waals surface area contributed by atoms with Crippen LogP contribution < -0.4 is 0 Å². The van der Waals surface area contributed by atoms with Crippen LogP contribution >= 0.6 is 0 Å². The second kappa shape index (κ2) is 7.23. The van der Waals surface area contributed by atoms with Gasteiger partial charge in [-0.2, -0.15) is 0 Å². The molecule has 3 nitrogen and oxygen atoms in total.